The minimum Gasteiger partial charge on any atom is -0.507 e. The number of nitrogens with zero attached hydrogens (tertiary/aromatic N) is 1. The molecule has 206 valence electrons. The zero-order valence-electron chi connectivity index (χ0n) is 22.3. The van der Waals surface area contributed by atoms with E-state index in [0.717, 1.165) is 18.4 Å². The highest BCUT2D eigenvalue weighted by atomic mass is 16.5. The van der Waals surface area contributed by atoms with Crippen LogP contribution in [0.2, 0.25) is 0 Å². The molecular formula is C30H34N2O7. The quantitative estimate of drug-likeness (QED) is 0.303. The first-order chi connectivity index (χ1) is 18.4. The molecule has 0 radical (unpaired) electrons. The van der Waals surface area contributed by atoms with Crippen molar-refractivity contribution in [2.75, 3.05) is 12.3 Å². The molecule has 0 spiro atoms. The Morgan fingerprint density at radius 1 is 1.28 bits per heavy atom. The van der Waals surface area contributed by atoms with Crippen LogP contribution in [0.4, 0.5) is 5.69 Å². The van der Waals surface area contributed by atoms with E-state index in [0.29, 0.717) is 18.7 Å². The van der Waals surface area contributed by atoms with Crippen LogP contribution in [-0.2, 0) is 19.1 Å². The van der Waals surface area contributed by atoms with Gasteiger partial charge >= 0.3 is 5.97 Å². The monoisotopic (exact) mass is 534 g/mol. The molecule has 4 aliphatic carbocycles. The number of hydrogen-bond donors (Lipinski definition) is 3. The summed E-state index contributed by atoms with van der Waals surface area (Å²) >= 11 is 0. The van der Waals surface area contributed by atoms with Crippen molar-refractivity contribution in [1.29, 1.82) is 0 Å². The summed E-state index contributed by atoms with van der Waals surface area (Å²) in [5, 5.41) is 21.8. The summed E-state index contributed by atoms with van der Waals surface area (Å²) in [6.45, 7) is 5.28. The Balaban J connectivity index is 1.32. The van der Waals surface area contributed by atoms with E-state index in [1.165, 1.54) is 18.2 Å². The molecule has 1 aromatic carbocycles. The molecule has 9 heteroatoms. The number of carbonyl (C=O) groups is 3. The van der Waals surface area contributed by atoms with Crippen molar-refractivity contribution in [3.05, 3.63) is 47.6 Å². The molecule has 0 bridgehead atoms. The van der Waals surface area contributed by atoms with E-state index in [1.54, 1.807) is 19.1 Å². The molecule has 5 aliphatic rings. The van der Waals surface area contributed by atoms with Gasteiger partial charge in [-0.25, -0.2) is 9.79 Å². The van der Waals surface area contributed by atoms with Crippen LogP contribution in [0.5, 0.6) is 5.75 Å². The van der Waals surface area contributed by atoms with Gasteiger partial charge in [-0.1, -0.05) is 25.5 Å². The summed E-state index contributed by atoms with van der Waals surface area (Å²) in [5.74, 6) is -1.11. The molecule has 1 aliphatic heterocycles. The SMILES string of the molecule is CC1=NC2(C(=O)COC(=O)c3cc(N)ccc3O)C(CC3C4CCC5=CC(=O)C=CC5(C)C4C(O)CC32C)O1. The van der Waals surface area contributed by atoms with Crippen molar-refractivity contribution in [2.24, 2.45) is 33.6 Å². The molecule has 3 fully saturated rings. The van der Waals surface area contributed by atoms with Crippen LogP contribution in [0.3, 0.4) is 0 Å². The van der Waals surface area contributed by atoms with Gasteiger partial charge in [0.15, 0.2) is 23.8 Å². The summed E-state index contributed by atoms with van der Waals surface area (Å²) in [6, 6.07) is 4.06. The number of nitrogens with two attached hydrogens (primary N) is 1. The van der Waals surface area contributed by atoms with Gasteiger partial charge in [0.1, 0.15) is 17.4 Å². The molecule has 1 aromatic rings. The first kappa shape index (κ1) is 25.8. The standard InChI is InChI=1S/C30H34N2O7/c1-15-32-30(24(36)14-38-27(37)20-11-17(31)5-7-22(20)34)25(39-15)12-21-19-6-4-16-10-18(33)8-9-28(16,2)26(19)23(35)13-29(21,30)3/h5,7-11,19,21,23,25-26,34-35H,4,6,12-14,31H2,1-3H3. The number of aromatic hydroxyl groups is 1. The molecule has 8 unspecified atom stereocenters. The van der Waals surface area contributed by atoms with E-state index in [9.17, 15) is 24.6 Å². The number of benzene rings is 1. The number of ether oxygens (including phenoxy) is 2. The van der Waals surface area contributed by atoms with Crippen molar-refractivity contribution in [3.8, 4) is 5.75 Å². The van der Waals surface area contributed by atoms with Gasteiger partial charge in [-0.3, -0.25) is 9.59 Å². The van der Waals surface area contributed by atoms with Crippen LogP contribution >= 0.6 is 0 Å². The number of hydrogen-bond acceptors (Lipinski definition) is 9. The normalized spacial score (nSPS) is 39.9. The van der Waals surface area contributed by atoms with Crippen LogP contribution in [0, 0.1) is 28.6 Å². The number of carbonyl (C=O) groups excluding carboxylic acids is 3. The summed E-state index contributed by atoms with van der Waals surface area (Å²) in [7, 11) is 0. The van der Waals surface area contributed by atoms with E-state index in [-0.39, 0.29) is 46.3 Å². The maximum absolute atomic E-state index is 14.0. The number of aliphatic hydroxyl groups is 1. The smallest absolute Gasteiger partial charge is 0.342 e. The number of rotatable bonds is 4. The van der Waals surface area contributed by atoms with Gasteiger partial charge in [0.05, 0.1) is 6.10 Å². The fraction of sp³-hybridized carbons (Fsp3) is 0.533. The number of aliphatic hydroxyl groups excluding tert-OH is 1. The van der Waals surface area contributed by atoms with Crippen molar-refractivity contribution >= 4 is 29.1 Å². The molecular weight excluding hydrogens is 500 g/mol. The summed E-state index contributed by atoms with van der Waals surface area (Å²) in [6.07, 6.45) is 6.49. The van der Waals surface area contributed by atoms with Gasteiger partial charge in [0.2, 0.25) is 5.78 Å². The maximum atomic E-state index is 14.0. The van der Waals surface area contributed by atoms with E-state index in [4.69, 9.17) is 20.2 Å². The Labute approximate surface area is 226 Å². The number of esters is 1. The lowest BCUT2D eigenvalue weighted by Crippen LogP contribution is -2.62. The van der Waals surface area contributed by atoms with Gasteiger partial charge in [-0.05, 0) is 67.9 Å². The lowest BCUT2D eigenvalue weighted by Gasteiger charge is -2.59. The number of allylic oxidation sites excluding steroid dienone is 4. The number of Topliss-reactive ketones (excluding diaryl/α,β-unsaturated/α-hetero) is 1. The van der Waals surface area contributed by atoms with Crippen molar-refractivity contribution in [2.45, 2.75) is 64.2 Å². The number of anilines is 1. The number of phenolic OH excluding ortho intramolecular Hbond substituents is 1. The Bertz CT molecular complexity index is 1380. The highest BCUT2D eigenvalue weighted by Gasteiger charge is 2.74. The highest BCUT2D eigenvalue weighted by molar-refractivity contribution is 6.01. The fourth-order valence-corrected chi connectivity index (χ4v) is 8.72. The molecule has 0 amide bonds. The Morgan fingerprint density at radius 2 is 2.05 bits per heavy atom. The first-order valence-electron chi connectivity index (χ1n) is 13.5. The topological polar surface area (TPSA) is 149 Å². The van der Waals surface area contributed by atoms with Gasteiger partial charge < -0.3 is 25.4 Å². The number of fused-ring (bicyclic) bond motifs is 7. The number of phenols is 1. The second kappa shape index (κ2) is 8.52. The Morgan fingerprint density at radius 3 is 2.82 bits per heavy atom. The van der Waals surface area contributed by atoms with Gasteiger partial charge in [-0.2, -0.15) is 0 Å². The van der Waals surface area contributed by atoms with Gasteiger partial charge in [0, 0.05) is 29.4 Å². The zero-order chi connectivity index (χ0) is 27.9. The van der Waals surface area contributed by atoms with Crippen LogP contribution in [-0.4, -0.2) is 58.0 Å². The molecule has 6 rings (SSSR count). The highest BCUT2D eigenvalue weighted by Crippen LogP contribution is 2.69. The number of nitrogen functional groups attached to an aromatic ring is 1. The maximum Gasteiger partial charge on any atom is 0.342 e. The van der Waals surface area contributed by atoms with E-state index in [2.05, 4.69) is 6.92 Å². The fourth-order valence-electron chi connectivity index (χ4n) is 8.72. The number of ketones is 2. The Kier molecular flexibility index (Phi) is 5.63. The average Bonchev–Trinajstić information content (AvgIpc) is 3.34. The lowest BCUT2D eigenvalue weighted by atomic mass is 9.46. The minimum absolute atomic E-state index is 0.0183. The minimum atomic E-state index is -1.30. The summed E-state index contributed by atoms with van der Waals surface area (Å²) < 4.78 is 11.5. The van der Waals surface area contributed by atoms with E-state index < -0.39 is 41.2 Å². The van der Waals surface area contributed by atoms with Crippen LogP contribution in [0.1, 0.15) is 56.8 Å². The van der Waals surface area contributed by atoms with Crippen LogP contribution in [0.15, 0.2) is 47.0 Å². The predicted molar refractivity (Wildman–Crippen MR) is 142 cm³/mol. The second-order valence-corrected chi connectivity index (χ2v) is 12.2. The summed E-state index contributed by atoms with van der Waals surface area (Å²) in [4.78, 5) is 43.7. The molecule has 0 aromatic heterocycles. The lowest BCUT2D eigenvalue weighted by molar-refractivity contribution is -0.146. The number of aliphatic imine (C=N–C) groups is 1. The molecule has 39 heavy (non-hydrogen) atoms. The first-order valence-corrected chi connectivity index (χ1v) is 13.5. The van der Waals surface area contributed by atoms with E-state index >= 15 is 0 Å². The molecule has 8 atom stereocenters. The zero-order valence-corrected chi connectivity index (χ0v) is 22.3. The third kappa shape index (κ3) is 3.48. The predicted octanol–water partition coefficient (Wildman–Crippen LogP) is 3.14. The second-order valence-electron chi connectivity index (χ2n) is 12.2. The van der Waals surface area contributed by atoms with Crippen molar-refractivity contribution < 1.29 is 34.1 Å². The van der Waals surface area contributed by atoms with Crippen LogP contribution < -0.4 is 5.73 Å². The van der Waals surface area contributed by atoms with E-state index in [1.807, 2.05) is 13.0 Å². The average molecular weight is 535 g/mol. The van der Waals surface area contributed by atoms with Crippen molar-refractivity contribution in [1.82, 2.24) is 0 Å². The molecule has 9 nitrogen and oxygen atoms in total. The van der Waals surface area contributed by atoms with Crippen molar-refractivity contribution in [3.63, 3.8) is 0 Å². The molecule has 3 saturated carbocycles. The molecule has 4 N–H and O–H groups in total. The molecule has 1 heterocycles. The third-order valence-corrected chi connectivity index (χ3v) is 10.3. The molecule has 0 saturated heterocycles. The van der Waals surface area contributed by atoms with Crippen LogP contribution in [0.25, 0.3) is 0 Å². The largest absolute Gasteiger partial charge is 0.507 e. The Hall–Kier alpha value is -3.46. The third-order valence-electron chi connectivity index (χ3n) is 10.3. The summed E-state index contributed by atoms with van der Waals surface area (Å²) in [5.41, 5.74) is 4.50. The van der Waals surface area contributed by atoms with Gasteiger partial charge in [0.25, 0.3) is 0 Å². The van der Waals surface area contributed by atoms with Gasteiger partial charge in [-0.15, -0.1) is 0 Å².